The molecule has 1 heterocycles. The van der Waals surface area contributed by atoms with E-state index in [1.54, 1.807) is 24.3 Å². The Morgan fingerprint density at radius 3 is 2.34 bits per heavy atom. The maximum atomic E-state index is 13.0. The van der Waals surface area contributed by atoms with E-state index in [1.807, 2.05) is 31.2 Å². The number of hydrogen-bond acceptors (Lipinski definition) is 5. The topological polar surface area (TPSA) is 106 Å². The highest BCUT2D eigenvalue weighted by molar-refractivity contribution is 6.30. The molecule has 150 valence electrons. The van der Waals surface area contributed by atoms with Crippen LogP contribution in [0, 0.1) is 6.92 Å². The van der Waals surface area contributed by atoms with E-state index in [9.17, 15) is 14.4 Å². The van der Waals surface area contributed by atoms with Crippen molar-refractivity contribution in [3.05, 3.63) is 85.6 Å². The first-order valence-corrected chi connectivity index (χ1v) is 9.23. The third-order valence-electron chi connectivity index (χ3n) is 4.26. The van der Waals surface area contributed by atoms with Gasteiger partial charge in [-0.1, -0.05) is 41.4 Å². The van der Waals surface area contributed by atoms with Gasteiger partial charge in [0.2, 0.25) is 5.95 Å². The van der Waals surface area contributed by atoms with Gasteiger partial charge in [-0.25, -0.2) is 14.2 Å². The quantitative estimate of drug-likeness (QED) is 0.615. The number of anilines is 2. The van der Waals surface area contributed by atoms with Crippen LogP contribution in [0.3, 0.4) is 0 Å². The number of aliphatic carboxylic acids is 1. The Morgan fingerprint density at radius 1 is 1.07 bits per heavy atom. The highest BCUT2D eigenvalue weighted by Gasteiger charge is 2.15. The van der Waals surface area contributed by atoms with Crippen LogP contribution in [0.2, 0.25) is 5.02 Å². The van der Waals surface area contributed by atoms with Gasteiger partial charge in [0, 0.05) is 17.3 Å². The predicted molar refractivity (Wildman–Crippen MR) is 110 cm³/mol. The summed E-state index contributed by atoms with van der Waals surface area (Å²) in [7, 11) is 0. The molecule has 0 saturated carbocycles. The fraction of sp³-hybridized carbons (Fsp3) is 0.200. The second kappa shape index (κ2) is 8.74. The van der Waals surface area contributed by atoms with E-state index in [-0.39, 0.29) is 25.5 Å². The number of hydrogen-bond donors (Lipinski definition) is 2. The summed E-state index contributed by atoms with van der Waals surface area (Å²) >= 11 is 5.90. The number of rotatable bonds is 7. The Hall–Kier alpha value is -3.39. The summed E-state index contributed by atoms with van der Waals surface area (Å²) in [6, 6.07) is 14.3. The van der Waals surface area contributed by atoms with Crippen molar-refractivity contribution in [2.45, 2.75) is 26.4 Å². The lowest BCUT2D eigenvalue weighted by Crippen LogP contribution is -2.43. The van der Waals surface area contributed by atoms with E-state index in [0.29, 0.717) is 10.7 Å². The van der Waals surface area contributed by atoms with Gasteiger partial charge in [0.15, 0.2) is 0 Å². The second-order valence-electron chi connectivity index (χ2n) is 6.50. The maximum absolute atomic E-state index is 13.0. The first-order chi connectivity index (χ1) is 13.8. The molecule has 0 aliphatic heterocycles. The number of carbonyl (C=O) groups is 1. The van der Waals surface area contributed by atoms with Gasteiger partial charge in [-0.05, 0) is 36.8 Å². The van der Waals surface area contributed by atoms with Gasteiger partial charge in [0.05, 0.1) is 13.0 Å². The molecular formula is C20H19ClN4O4. The highest BCUT2D eigenvalue weighted by atomic mass is 35.5. The van der Waals surface area contributed by atoms with Crippen LogP contribution in [0.25, 0.3) is 0 Å². The van der Waals surface area contributed by atoms with Gasteiger partial charge in [-0.3, -0.25) is 9.36 Å². The first-order valence-electron chi connectivity index (χ1n) is 8.85. The molecule has 0 saturated heterocycles. The van der Waals surface area contributed by atoms with E-state index in [4.69, 9.17) is 16.7 Å². The highest BCUT2D eigenvalue weighted by Crippen LogP contribution is 2.17. The Labute approximate surface area is 171 Å². The summed E-state index contributed by atoms with van der Waals surface area (Å²) in [5.74, 6) is -1.04. The molecule has 0 amide bonds. The zero-order valence-electron chi connectivity index (χ0n) is 15.6. The van der Waals surface area contributed by atoms with Crippen molar-refractivity contribution in [2.24, 2.45) is 0 Å². The molecule has 2 aromatic carbocycles. The van der Waals surface area contributed by atoms with Crippen LogP contribution in [-0.2, 0) is 17.9 Å². The lowest BCUT2D eigenvalue weighted by atomic mass is 10.1. The number of carboxylic acid groups (broad SMARTS) is 1. The number of carboxylic acids is 1. The van der Waals surface area contributed by atoms with Crippen molar-refractivity contribution in [2.75, 3.05) is 5.32 Å². The average molecular weight is 415 g/mol. The molecule has 0 radical (unpaired) electrons. The minimum absolute atomic E-state index is 0.0643. The van der Waals surface area contributed by atoms with Crippen molar-refractivity contribution in [3.63, 3.8) is 0 Å². The summed E-state index contributed by atoms with van der Waals surface area (Å²) in [6.45, 7) is 1.86. The number of halogens is 1. The molecule has 0 unspecified atom stereocenters. The molecule has 1 aromatic heterocycles. The number of benzene rings is 2. The molecular weight excluding hydrogens is 396 g/mol. The van der Waals surface area contributed by atoms with Crippen molar-refractivity contribution in [1.29, 1.82) is 0 Å². The summed E-state index contributed by atoms with van der Waals surface area (Å²) in [5, 5.41) is 12.4. The van der Waals surface area contributed by atoms with Crippen LogP contribution >= 0.6 is 11.6 Å². The van der Waals surface area contributed by atoms with Crippen molar-refractivity contribution < 1.29 is 9.90 Å². The van der Waals surface area contributed by atoms with Crippen LogP contribution in [0.1, 0.15) is 17.5 Å². The molecule has 0 bridgehead atoms. The number of nitrogens with one attached hydrogen (secondary N) is 1. The van der Waals surface area contributed by atoms with Crippen molar-refractivity contribution in [3.8, 4) is 0 Å². The van der Waals surface area contributed by atoms with E-state index in [0.717, 1.165) is 15.7 Å². The Morgan fingerprint density at radius 2 is 1.72 bits per heavy atom. The monoisotopic (exact) mass is 414 g/mol. The maximum Gasteiger partial charge on any atom is 0.354 e. The van der Waals surface area contributed by atoms with Gasteiger partial charge < -0.3 is 10.4 Å². The first kappa shape index (κ1) is 20.3. The molecule has 3 aromatic rings. The van der Waals surface area contributed by atoms with E-state index >= 15 is 0 Å². The smallest absolute Gasteiger partial charge is 0.354 e. The zero-order chi connectivity index (χ0) is 21.0. The van der Waals surface area contributed by atoms with Crippen LogP contribution < -0.4 is 16.7 Å². The molecule has 0 aliphatic carbocycles. The van der Waals surface area contributed by atoms with Crippen molar-refractivity contribution >= 4 is 29.2 Å². The zero-order valence-corrected chi connectivity index (χ0v) is 16.4. The molecule has 8 nitrogen and oxygen atoms in total. The van der Waals surface area contributed by atoms with Crippen LogP contribution in [0.15, 0.2) is 58.1 Å². The van der Waals surface area contributed by atoms with Gasteiger partial charge in [-0.15, -0.1) is 0 Å². The summed E-state index contributed by atoms with van der Waals surface area (Å²) in [5.41, 5.74) is 1.06. The molecule has 0 atom stereocenters. The van der Waals surface area contributed by atoms with Crippen LogP contribution in [0.4, 0.5) is 11.6 Å². The SMILES string of the molecule is Cc1ccc(Cn2c(Nc3ccc(Cl)cc3)nc(=O)n(CCC(=O)O)c2=O)cc1. The van der Waals surface area contributed by atoms with E-state index in [2.05, 4.69) is 10.3 Å². The summed E-state index contributed by atoms with van der Waals surface area (Å²) in [6.07, 6.45) is -0.356. The molecule has 9 heteroatoms. The molecule has 0 fully saturated rings. The number of aryl methyl sites for hydroxylation is 1. The summed E-state index contributed by atoms with van der Waals surface area (Å²) < 4.78 is 2.14. The van der Waals surface area contributed by atoms with Crippen LogP contribution in [-0.4, -0.2) is 25.2 Å². The minimum atomic E-state index is -1.11. The standard InChI is InChI=1S/C20H19ClN4O4/c1-13-2-4-14(5-3-13)12-25-18(22-16-8-6-15(21)7-9-16)23-19(28)24(20(25)29)11-10-17(26)27/h2-9H,10-12H2,1H3,(H,26,27)(H,22,23,28). The lowest BCUT2D eigenvalue weighted by molar-refractivity contribution is -0.137. The third kappa shape index (κ3) is 5.11. The van der Waals surface area contributed by atoms with Crippen molar-refractivity contribution in [1.82, 2.24) is 14.1 Å². The molecule has 3 rings (SSSR count). The Kier molecular flexibility index (Phi) is 6.13. The van der Waals surface area contributed by atoms with Crippen LogP contribution in [0.5, 0.6) is 0 Å². The second-order valence-corrected chi connectivity index (χ2v) is 6.94. The van der Waals surface area contributed by atoms with E-state index < -0.39 is 17.3 Å². The Balaban J connectivity index is 2.05. The minimum Gasteiger partial charge on any atom is -0.481 e. The van der Waals surface area contributed by atoms with E-state index in [1.165, 1.54) is 4.57 Å². The molecule has 0 aliphatic rings. The van der Waals surface area contributed by atoms with Gasteiger partial charge in [0.25, 0.3) is 0 Å². The lowest BCUT2D eigenvalue weighted by Gasteiger charge is -2.15. The largest absolute Gasteiger partial charge is 0.481 e. The van der Waals surface area contributed by atoms with Gasteiger partial charge in [-0.2, -0.15) is 4.98 Å². The summed E-state index contributed by atoms with van der Waals surface area (Å²) in [4.78, 5) is 40.2. The fourth-order valence-electron chi connectivity index (χ4n) is 2.70. The normalized spacial score (nSPS) is 10.7. The van der Waals surface area contributed by atoms with Gasteiger partial charge in [0.1, 0.15) is 0 Å². The molecule has 2 N–H and O–H groups in total. The molecule has 0 spiro atoms. The number of nitrogens with zero attached hydrogens (tertiary/aromatic N) is 3. The van der Waals surface area contributed by atoms with Gasteiger partial charge >= 0.3 is 17.3 Å². The Bertz CT molecular complexity index is 1140. The number of aromatic nitrogens is 3. The molecule has 29 heavy (non-hydrogen) atoms. The fourth-order valence-corrected chi connectivity index (χ4v) is 2.83. The predicted octanol–water partition coefficient (Wildman–Crippen LogP) is 2.63. The average Bonchev–Trinajstić information content (AvgIpc) is 2.67. The third-order valence-corrected chi connectivity index (χ3v) is 4.51.